The molecule has 0 N–H and O–H groups in total. The van der Waals surface area contributed by atoms with E-state index in [0.717, 1.165) is 17.3 Å². The van der Waals surface area contributed by atoms with E-state index >= 15 is 0 Å². The zero-order valence-electron chi connectivity index (χ0n) is 13.3. The number of hydrogen-bond donors (Lipinski definition) is 0. The highest BCUT2D eigenvalue weighted by atomic mass is 14.6. The molecule has 0 saturated heterocycles. The molecular weight excluding hydrogens is 228 g/mol. The van der Waals surface area contributed by atoms with E-state index in [-0.39, 0.29) is 0 Å². The summed E-state index contributed by atoms with van der Waals surface area (Å²) in [5.41, 5.74) is 1.43. The van der Waals surface area contributed by atoms with Crippen molar-refractivity contribution in [3.63, 3.8) is 0 Å². The van der Waals surface area contributed by atoms with E-state index in [0.29, 0.717) is 5.41 Å². The standard InChI is InChI=1S/C19H34/c1-18(2,16-9-5-3-6-10-16)15-19(13-14-19)17-11-7-4-8-12-17/h16-17H,3-15H2,1-2H3. The lowest BCUT2D eigenvalue weighted by Crippen LogP contribution is -2.32. The molecule has 3 rings (SSSR count). The van der Waals surface area contributed by atoms with Crippen LogP contribution >= 0.6 is 0 Å². The minimum Gasteiger partial charge on any atom is -0.0596 e. The summed E-state index contributed by atoms with van der Waals surface area (Å²) in [6.45, 7) is 5.21. The maximum Gasteiger partial charge on any atom is -0.0264 e. The van der Waals surface area contributed by atoms with Gasteiger partial charge in [0.05, 0.1) is 0 Å². The van der Waals surface area contributed by atoms with Crippen LogP contribution in [0, 0.1) is 22.7 Å². The third-order valence-electron chi connectivity index (χ3n) is 6.88. The van der Waals surface area contributed by atoms with Gasteiger partial charge < -0.3 is 0 Å². The second-order valence-corrected chi connectivity index (χ2v) is 8.70. The third-order valence-corrected chi connectivity index (χ3v) is 6.88. The molecule has 0 radical (unpaired) electrons. The molecule has 0 heteroatoms. The molecule has 0 heterocycles. The smallest absolute Gasteiger partial charge is 0.0264 e. The lowest BCUT2D eigenvalue weighted by molar-refractivity contribution is 0.0812. The molecular formula is C19H34. The largest absolute Gasteiger partial charge is 0.0596 e. The van der Waals surface area contributed by atoms with Gasteiger partial charge in [-0.3, -0.25) is 0 Å². The van der Waals surface area contributed by atoms with Crippen LogP contribution in [0.3, 0.4) is 0 Å². The molecule has 3 aliphatic rings. The maximum absolute atomic E-state index is 2.60. The number of hydrogen-bond acceptors (Lipinski definition) is 0. The van der Waals surface area contributed by atoms with Crippen molar-refractivity contribution >= 4 is 0 Å². The molecule has 0 aromatic heterocycles. The van der Waals surface area contributed by atoms with Gasteiger partial charge in [-0.25, -0.2) is 0 Å². The van der Waals surface area contributed by atoms with Crippen LogP contribution in [0.2, 0.25) is 0 Å². The topological polar surface area (TPSA) is 0 Å². The molecule has 19 heavy (non-hydrogen) atoms. The molecule has 0 aliphatic heterocycles. The highest BCUT2D eigenvalue weighted by Gasteiger charge is 2.52. The molecule has 0 aromatic rings. The third kappa shape index (κ3) is 3.03. The van der Waals surface area contributed by atoms with Crippen LogP contribution in [0.4, 0.5) is 0 Å². The Morgan fingerprint density at radius 1 is 0.789 bits per heavy atom. The van der Waals surface area contributed by atoms with E-state index < -0.39 is 0 Å². The van der Waals surface area contributed by atoms with Crippen molar-refractivity contribution in [1.29, 1.82) is 0 Å². The van der Waals surface area contributed by atoms with Gasteiger partial charge in [0.2, 0.25) is 0 Å². The van der Waals surface area contributed by atoms with Crippen molar-refractivity contribution in [2.24, 2.45) is 22.7 Å². The van der Waals surface area contributed by atoms with Gasteiger partial charge in [-0.2, -0.15) is 0 Å². The van der Waals surface area contributed by atoms with Crippen molar-refractivity contribution in [2.75, 3.05) is 0 Å². The van der Waals surface area contributed by atoms with Crippen LogP contribution in [0.5, 0.6) is 0 Å². The van der Waals surface area contributed by atoms with Crippen molar-refractivity contribution in [3.05, 3.63) is 0 Å². The van der Waals surface area contributed by atoms with Gasteiger partial charge in [-0.1, -0.05) is 52.4 Å². The summed E-state index contributed by atoms with van der Waals surface area (Å²) >= 11 is 0. The summed E-state index contributed by atoms with van der Waals surface area (Å²) in [5.74, 6) is 2.13. The van der Waals surface area contributed by atoms with Gasteiger partial charge in [-0.05, 0) is 67.6 Å². The van der Waals surface area contributed by atoms with Crippen LogP contribution in [0.1, 0.15) is 97.3 Å². The quantitative estimate of drug-likeness (QED) is 0.554. The van der Waals surface area contributed by atoms with Crippen molar-refractivity contribution in [1.82, 2.24) is 0 Å². The SMILES string of the molecule is CC(C)(CC1(C2CCCCC2)CC1)C1CCCCC1. The Labute approximate surface area is 120 Å². The van der Waals surface area contributed by atoms with Gasteiger partial charge >= 0.3 is 0 Å². The predicted octanol–water partition coefficient (Wildman–Crippen LogP) is 6.34. The minimum absolute atomic E-state index is 0.619. The first-order chi connectivity index (χ1) is 9.12. The second-order valence-electron chi connectivity index (χ2n) is 8.70. The predicted molar refractivity (Wildman–Crippen MR) is 83.2 cm³/mol. The fraction of sp³-hybridized carbons (Fsp3) is 1.00. The molecule has 3 aliphatic carbocycles. The van der Waals surface area contributed by atoms with E-state index in [1.54, 1.807) is 32.1 Å². The molecule has 0 bridgehead atoms. The molecule has 0 spiro atoms. The first kappa shape index (κ1) is 14.0. The van der Waals surface area contributed by atoms with E-state index in [1.165, 1.54) is 51.4 Å². The minimum atomic E-state index is 0.619. The Balaban J connectivity index is 1.62. The van der Waals surface area contributed by atoms with E-state index in [9.17, 15) is 0 Å². The summed E-state index contributed by atoms with van der Waals surface area (Å²) < 4.78 is 0. The summed E-state index contributed by atoms with van der Waals surface area (Å²) in [5, 5.41) is 0. The van der Waals surface area contributed by atoms with Gasteiger partial charge in [0.15, 0.2) is 0 Å². The van der Waals surface area contributed by atoms with Gasteiger partial charge in [0.1, 0.15) is 0 Å². The van der Waals surface area contributed by atoms with Crippen LogP contribution < -0.4 is 0 Å². The second kappa shape index (κ2) is 5.41. The van der Waals surface area contributed by atoms with Crippen molar-refractivity contribution in [2.45, 2.75) is 97.3 Å². The van der Waals surface area contributed by atoms with Gasteiger partial charge in [0, 0.05) is 0 Å². The Kier molecular flexibility index (Phi) is 3.98. The van der Waals surface area contributed by atoms with E-state index in [1.807, 2.05) is 0 Å². The fourth-order valence-electron chi connectivity index (χ4n) is 5.54. The van der Waals surface area contributed by atoms with Crippen LogP contribution in [0.15, 0.2) is 0 Å². The zero-order chi connectivity index (χ0) is 13.3. The molecule has 0 aromatic carbocycles. The molecule has 110 valence electrons. The zero-order valence-corrected chi connectivity index (χ0v) is 13.3. The van der Waals surface area contributed by atoms with Gasteiger partial charge in [-0.15, -0.1) is 0 Å². The Morgan fingerprint density at radius 2 is 1.32 bits per heavy atom. The van der Waals surface area contributed by atoms with Crippen LogP contribution in [-0.4, -0.2) is 0 Å². The Hall–Kier alpha value is 0. The van der Waals surface area contributed by atoms with E-state index in [2.05, 4.69) is 13.8 Å². The van der Waals surface area contributed by atoms with Gasteiger partial charge in [0.25, 0.3) is 0 Å². The van der Waals surface area contributed by atoms with Crippen molar-refractivity contribution in [3.8, 4) is 0 Å². The monoisotopic (exact) mass is 262 g/mol. The highest BCUT2D eigenvalue weighted by molar-refractivity contribution is 5.02. The molecule has 3 saturated carbocycles. The Morgan fingerprint density at radius 3 is 1.84 bits per heavy atom. The molecule has 0 nitrogen and oxygen atoms in total. The molecule has 0 amide bonds. The first-order valence-corrected chi connectivity index (χ1v) is 9.12. The summed E-state index contributed by atoms with van der Waals surface area (Å²) in [7, 11) is 0. The number of rotatable bonds is 4. The fourth-order valence-corrected chi connectivity index (χ4v) is 5.54. The first-order valence-electron chi connectivity index (χ1n) is 9.12. The normalized spacial score (nSPS) is 29.4. The highest BCUT2D eigenvalue weighted by Crippen LogP contribution is 2.63. The van der Waals surface area contributed by atoms with E-state index in [4.69, 9.17) is 0 Å². The molecule has 3 fully saturated rings. The van der Waals surface area contributed by atoms with Crippen LogP contribution in [-0.2, 0) is 0 Å². The molecule has 0 atom stereocenters. The van der Waals surface area contributed by atoms with Crippen LogP contribution in [0.25, 0.3) is 0 Å². The summed E-state index contributed by atoms with van der Waals surface area (Å²) in [6.07, 6.45) is 19.9. The summed E-state index contributed by atoms with van der Waals surface area (Å²) in [4.78, 5) is 0. The summed E-state index contributed by atoms with van der Waals surface area (Å²) in [6, 6.07) is 0. The lowest BCUT2D eigenvalue weighted by Gasteiger charge is -2.42. The average molecular weight is 262 g/mol. The molecule has 0 unspecified atom stereocenters. The maximum atomic E-state index is 2.60. The van der Waals surface area contributed by atoms with Crippen molar-refractivity contribution < 1.29 is 0 Å². The lowest BCUT2D eigenvalue weighted by atomic mass is 9.63. The average Bonchev–Trinajstić information content (AvgIpc) is 3.21. The Bertz CT molecular complexity index is 267.